The molecule has 3 rings (SSSR count). The molecule has 2 heterocycles. The first kappa shape index (κ1) is 22.4. The summed E-state index contributed by atoms with van der Waals surface area (Å²) >= 11 is 0. The predicted molar refractivity (Wildman–Crippen MR) is 103 cm³/mol. The zero-order valence-electron chi connectivity index (χ0n) is 16.9. The molecule has 2 unspecified atom stereocenters. The molecular formula is C21H27F3N2O4. The zero-order chi connectivity index (χ0) is 21.9. The summed E-state index contributed by atoms with van der Waals surface area (Å²) in [6.45, 7) is 1.53. The molecule has 0 aliphatic carbocycles. The lowest BCUT2D eigenvalue weighted by molar-refractivity contribution is -0.147. The molecule has 0 aromatic heterocycles. The summed E-state index contributed by atoms with van der Waals surface area (Å²) in [6, 6.07) is 6.00. The first-order chi connectivity index (χ1) is 14.2. The van der Waals surface area contributed by atoms with E-state index in [1.807, 2.05) is 0 Å². The van der Waals surface area contributed by atoms with Crippen LogP contribution < -0.4 is 0 Å². The highest BCUT2D eigenvalue weighted by Crippen LogP contribution is 2.32. The van der Waals surface area contributed by atoms with Gasteiger partial charge in [-0.15, -0.1) is 0 Å². The summed E-state index contributed by atoms with van der Waals surface area (Å²) in [6.07, 6.45) is -4.16. The number of hydrogen-bond acceptors (Lipinski definition) is 4. The first-order valence-electron chi connectivity index (χ1n) is 10.1. The van der Waals surface area contributed by atoms with E-state index in [0.29, 0.717) is 38.9 Å². The van der Waals surface area contributed by atoms with Crippen LogP contribution in [0.4, 0.5) is 18.0 Å². The second-order valence-corrected chi connectivity index (χ2v) is 8.09. The Morgan fingerprint density at radius 2 is 1.73 bits per heavy atom. The Hall–Kier alpha value is -2.29. The van der Waals surface area contributed by atoms with Gasteiger partial charge in [-0.05, 0) is 30.4 Å². The SMILES string of the molecule is COC(=O)C1CC(c2ccc(CC(F)(F)F)cc2)CN(C(=O)N2CCC(O)CC2)C1. The Kier molecular flexibility index (Phi) is 6.90. The van der Waals surface area contributed by atoms with Crippen molar-refractivity contribution in [3.8, 4) is 0 Å². The Labute approximate surface area is 173 Å². The summed E-state index contributed by atoms with van der Waals surface area (Å²) in [5.41, 5.74) is 0.966. The summed E-state index contributed by atoms with van der Waals surface area (Å²) in [7, 11) is 1.30. The molecule has 30 heavy (non-hydrogen) atoms. The highest BCUT2D eigenvalue weighted by molar-refractivity contribution is 5.77. The molecule has 2 atom stereocenters. The first-order valence-corrected chi connectivity index (χ1v) is 10.1. The van der Waals surface area contributed by atoms with E-state index in [2.05, 4.69) is 0 Å². The minimum Gasteiger partial charge on any atom is -0.469 e. The molecule has 0 radical (unpaired) electrons. The third-order valence-electron chi connectivity index (χ3n) is 5.85. The van der Waals surface area contributed by atoms with Crippen LogP contribution in [0.15, 0.2) is 24.3 Å². The van der Waals surface area contributed by atoms with Crippen LogP contribution in [0.25, 0.3) is 0 Å². The van der Waals surface area contributed by atoms with E-state index in [4.69, 9.17) is 4.74 Å². The number of amides is 2. The fourth-order valence-corrected chi connectivity index (χ4v) is 4.23. The van der Waals surface area contributed by atoms with Gasteiger partial charge in [-0.2, -0.15) is 13.2 Å². The number of likely N-dealkylation sites (tertiary alicyclic amines) is 2. The van der Waals surface area contributed by atoms with Gasteiger partial charge >= 0.3 is 18.2 Å². The number of ether oxygens (including phenoxy) is 1. The molecule has 2 fully saturated rings. The third kappa shape index (κ3) is 5.65. The number of esters is 1. The van der Waals surface area contributed by atoms with E-state index >= 15 is 0 Å². The molecular weight excluding hydrogens is 401 g/mol. The van der Waals surface area contributed by atoms with Crippen molar-refractivity contribution in [2.24, 2.45) is 5.92 Å². The van der Waals surface area contributed by atoms with Crippen molar-refractivity contribution in [2.45, 2.75) is 43.9 Å². The van der Waals surface area contributed by atoms with Gasteiger partial charge in [0.2, 0.25) is 0 Å². The Bertz CT molecular complexity index is 746. The van der Waals surface area contributed by atoms with Crippen molar-refractivity contribution in [1.29, 1.82) is 0 Å². The van der Waals surface area contributed by atoms with E-state index < -0.39 is 30.6 Å². The van der Waals surface area contributed by atoms with E-state index in [0.717, 1.165) is 5.56 Å². The van der Waals surface area contributed by atoms with Crippen LogP contribution >= 0.6 is 0 Å². The normalized spacial score (nSPS) is 23.4. The predicted octanol–water partition coefficient (Wildman–Crippen LogP) is 2.95. The number of piperidine rings is 2. The van der Waals surface area contributed by atoms with Gasteiger partial charge in [0, 0.05) is 32.1 Å². The fourth-order valence-electron chi connectivity index (χ4n) is 4.23. The van der Waals surface area contributed by atoms with Gasteiger partial charge in [0.05, 0.1) is 25.6 Å². The summed E-state index contributed by atoms with van der Waals surface area (Å²) in [4.78, 5) is 28.5. The number of benzene rings is 1. The number of carbonyl (C=O) groups is 2. The minimum absolute atomic E-state index is 0.173. The molecule has 1 N–H and O–H groups in total. The van der Waals surface area contributed by atoms with E-state index in [9.17, 15) is 27.9 Å². The highest BCUT2D eigenvalue weighted by Gasteiger charge is 2.37. The average Bonchev–Trinajstić information content (AvgIpc) is 2.72. The van der Waals surface area contributed by atoms with Crippen LogP contribution in [0.5, 0.6) is 0 Å². The maximum atomic E-state index is 13.0. The minimum atomic E-state index is -4.27. The van der Waals surface area contributed by atoms with E-state index in [1.54, 1.807) is 21.9 Å². The van der Waals surface area contributed by atoms with Crippen LogP contribution in [-0.2, 0) is 16.0 Å². The Morgan fingerprint density at radius 3 is 2.30 bits per heavy atom. The largest absolute Gasteiger partial charge is 0.469 e. The van der Waals surface area contributed by atoms with Crippen molar-refractivity contribution < 1.29 is 32.6 Å². The molecule has 0 bridgehead atoms. The number of aliphatic hydroxyl groups excluding tert-OH is 1. The number of hydrogen-bond donors (Lipinski definition) is 1. The molecule has 0 spiro atoms. The molecule has 2 aliphatic heterocycles. The van der Waals surface area contributed by atoms with Crippen LogP contribution in [0.3, 0.4) is 0 Å². The van der Waals surface area contributed by atoms with Crippen molar-refractivity contribution in [3.05, 3.63) is 35.4 Å². The van der Waals surface area contributed by atoms with E-state index in [-0.39, 0.29) is 24.1 Å². The van der Waals surface area contributed by atoms with Crippen LogP contribution in [0.1, 0.15) is 36.3 Å². The summed E-state index contributed by atoms with van der Waals surface area (Å²) < 4.78 is 42.7. The number of halogens is 3. The maximum absolute atomic E-state index is 13.0. The Morgan fingerprint density at radius 1 is 1.10 bits per heavy atom. The molecule has 166 valence electrons. The molecule has 2 aliphatic rings. The van der Waals surface area contributed by atoms with Gasteiger partial charge in [-0.3, -0.25) is 4.79 Å². The maximum Gasteiger partial charge on any atom is 0.393 e. The van der Waals surface area contributed by atoms with Crippen LogP contribution in [0.2, 0.25) is 0 Å². The molecule has 2 amide bonds. The summed E-state index contributed by atoms with van der Waals surface area (Å²) in [5.74, 6) is -1.08. The molecule has 1 aromatic carbocycles. The second-order valence-electron chi connectivity index (χ2n) is 8.09. The van der Waals surface area contributed by atoms with Gasteiger partial charge in [0.15, 0.2) is 0 Å². The van der Waals surface area contributed by atoms with Gasteiger partial charge in [-0.1, -0.05) is 24.3 Å². The number of rotatable bonds is 3. The lowest BCUT2D eigenvalue weighted by Crippen LogP contribution is -2.52. The van der Waals surface area contributed by atoms with Crippen molar-refractivity contribution in [3.63, 3.8) is 0 Å². The number of urea groups is 1. The third-order valence-corrected chi connectivity index (χ3v) is 5.85. The van der Waals surface area contributed by atoms with Crippen LogP contribution in [0, 0.1) is 5.92 Å². The summed E-state index contributed by atoms with van der Waals surface area (Å²) in [5, 5.41) is 9.67. The van der Waals surface area contributed by atoms with Gasteiger partial charge in [0.25, 0.3) is 0 Å². The van der Waals surface area contributed by atoms with Crippen molar-refractivity contribution in [2.75, 3.05) is 33.3 Å². The molecule has 6 nitrogen and oxygen atoms in total. The van der Waals surface area contributed by atoms with Gasteiger partial charge < -0.3 is 19.6 Å². The quantitative estimate of drug-likeness (QED) is 0.752. The second kappa shape index (κ2) is 9.24. The van der Waals surface area contributed by atoms with E-state index in [1.165, 1.54) is 19.2 Å². The highest BCUT2D eigenvalue weighted by atomic mass is 19.4. The number of carbonyl (C=O) groups excluding carboxylic acids is 2. The number of alkyl halides is 3. The molecule has 9 heteroatoms. The number of methoxy groups -OCH3 is 1. The standard InChI is InChI=1S/C21H27F3N2O4/c1-30-19(28)17-10-16(15-4-2-14(3-5-15)11-21(22,23)24)12-26(13-17)20(29)25-8-6-18(27)7-9-25/h2-5,16-18,27H,6-13H2,1H3. The number of nitrogens with zero attached hydrogens (tertiary/aromatic N) is 2. The zero-order valence-corrected chi connectivity index (χ0v) is 16.9. The van der Waals surface area contributed by atoms with Crippen LogP contribution in [-0.4, -0.2) is 72.5 Å². The fraction of sp³-hybridized carbons (Fsp3) is 0.619. The molecule has 2 saturated heterocycles. The smallest absolute Gasteiger partial charge is 0.393 e. The topological polar surface area (TPSA) is 70.1 Å². The van der Waals surface area contributed by atoms with Gasteiger partial charge in [0.1, 0.15) is 0 Å². The number of aliphatic hydroxyl groups is 1. The lowest BCUT2D eigenvalue weighted by atomic mass is 9.84. The average molecular weight is 428 g/mol. The lowest BCUT2D eigenvalue weighted by Gasteiger charge is -2.40. The van der Waals surface area contributed by atoms with Crippen molar-refractivity contribution in [1.82, 2.24) is 9.80 Å². The Balaban J connectivity index is 1.75. The van der Waals surface area contributed by atoms with Crippen molar-refractivity contribution >= 4 is 12.0 Å². The molecule has 1 aromatic rings. The molecule has 0 saturated carbocycles. The monoisotopic (exact) mass is 428 g/mol. The van der Waals surface area contributed by atoms with Gasteiger partial charge in [-0.25, -0.2) is 4.79 Å².